The van der Waals surface area contributed by atoms with Crippen molar-refractivity contribution in [1.29, 1.82) is 0 Å². The lowest BCUT2D eigenvalue weighted by atomic mass is 10.0. The van der Waals surface area contributed by atoms with Crippen molar-refractivity contribution in [2.45, 2.75) is 6.92 Å². The Hall–Kier alpha value is -4.92. The van der Waals surface area contributed by atoms with Gasteiger partial charge in [-0.15, -0.1) is 0 Å². The molecule has 9 nitrogen and oxygen atoms in total. The third kappa shape index (κ3) is 4.54. The maximum Gasteiger partial charge on any atom is 0.256 e. The van der Waals surface area contributed by atoms with Gasteiger partial charge in [0.1, 0.15) is 0 Å². The van der Waals surface area contributed by atoms with Gasteiger partial charge in [0.05, 0.1) is 43.8 Å². The van der Waals surface area contributed by atoms with E-state index in [1.54, 1.807) is 52.5 Å². The molecular weight excluding hydrogens is 472 g/mol. The number of fused-ring (bicyclic) bond motifs is 1. The first kappa shape index (κ1) is 23.8. The molecule has 2 heterocycles. The van der Waals surface area contributed by atoms with Crippen molar-refractivity contribution >= 4 is 22.5 Å². The minimum Gasteiger partial charge on any atom is -0.493 e. The number of anilines is 1. The Kier molecular flexibility index (Phi) is 6.42. The van der Waals surface area contributed by atoms with Gasteiger partial charge in [-0.05, 0) is 36.4 Å². The number of ether oxygens (including phenoxy) is 3. The molecule has 3 aromatic carbocycles. The summed E-state index contributed by atoms with van der Waals surface area (Å²) in [6.45, 7) is 1.71. The second-order valence-electron chi connectivity index (χ2n) is 8.12. The summed E-state index contributed by atoms with van der Waals surface area (Å²) >= 11 is 0. The second-order valence-corrected chi connectivity index (χ2v) is 8.12. The fraction of sp³-hybridized carbons (Fsp3) is 0.143. The first-order valence-electron chi connectivity index (χ1n) is 11.4. The van der Waals surface area contributed by atoms with Crippen LogP contribution < -0.4 is 19.5 Å². The van der Waals surface area contributed by atoms with E-state index >= 15 is 0 Å². The van der Waals surface area contributed by atoms with Crippen LogP contribution in [-0.4, -0.2) is 42.4 Å². The van der Waals surface area contributed by atoms with Crippen LogP contribution in [0.1, 0.15) is 16.2 Å². The molecule has 0 unspecified atom stereocenters. The van der Waals surface area contributed by atoms with Crippen molar-refractivity contribution in [2.75, 3.05) is 26.6 Å². The number of hydrogen-bond acceptors (Lipinski definition) is 8. The van der Waals surface area contributed by atoms with E-state index in [4.69, 9.17) is 23.7 Å². The van der Waals surface area contributed by atoms with Crippen molar-refractivity contribution in [3.63, 3.8) is 0 Å². The number of pyridine rings is 1. The number of benzene rings is 3. The number of hydrogen-bond donors (Lipinski definition) is 1. The summed E-state index contributed by atoms with van der Waals surface area (Å²) in [6, 6.07) is 20.1. The van der Waals surface area contributed by atoms with Crippen molar-refractivity contribution in [2.24, 2.45) is 0 Å². The summed E-state index contributed by atoms with van der Waals surface area (Å²) in [7, 11) is 4.65. The van der Waals surface area contributed by atoms with Gasteiger partial charge in [-0.3, -0.25) is 4.79 Å². The average Bonchev–Trinajstić information content (AvgIpc) is 3.37. The third-order valence-corrected chi connectivity index (χ3v) is 5.87. The van der Waals surface area contributed by atoms with E-state index in [0.29, 0.717) is 67.9 Å². The molecular formula is C28H24N4O5. The van der Waals surface area contributed by atoms with Gasteiger partial charge in [0.15, 0.2) is 11.5 Å². The number of rotatable bonds is 7. The van der Waals surface area contributed by atoms with Crippen LogP contribution in [0.2, 0.25) is 0 Å². The SMILES string of the molecule is COc1cc(-c2cc(C(=O)Nc3ccccc3-c3noc(C)n3)c3ccccc3n2)cc(OC)c1OC. The van der Waals surface area contributed by atoms with Crippen molar-refractivity contribution < 1.29 is 23.5 Å². The van der Waals surface area contributed by atoms with Crippen LogP contribution in [-0.2, 0) is 0 Å². The predicted octanol–water partition coefficient (Wildman–Crippen LogP) is 5.54. The highest BCUT2D eigenvalue weighted by Crippen LogP contribution is 2.41. The zero-order valence-electron chi connectivity index (χ0n) is 20.7. The van der Waals surface area contributed by atoms with Gasteiger partial charge < -0.3 is 24.1 Å². The largest absolute Gasteiger partial charge is 0.493 e. The summed E-state index contributed by atoms with van der Waals surface area (Å²) in [4.78, 5) is 22.8. The molecule has 0 aliphatic rings. The van der Waals surface area contributed by atoms with Crippen LogP contribution in [0.3, 0.4) is 0 Å². The molecule has 0 aliphatic carbocycles. The van der Waals surface area contributed by atoms with Crippen LogP contribution in [0.4, 0.5) is 5.69 Å². The minimum absolute atomic E-state index is 0.306. The number of aryl methyl sites for hydroxylation is 1. The number of aromatic nitrogens is 3. The molecule has 5 aromatic rings. The molecule has 1 N–H and O–H groups in total. The van der Waals surface area contributed by atoms with Crippen LogP contribution in [0.25, 0.3) is 33.5 Å². The first-order valence-corrected chi connectivity index (χ1v) is 11.4. The quantitative estimate of drug-likeness (QED) is 0.313. The highest BCUT2D eigenvalue weighted by Gasteiger charge is 2.20. The van der Waals surface area contributed by atoms with Crippen LogP contribution in [0.15, 0.2) is 71.3 Å². The number of methoxy groups -OCH3 is 3. The molecule has 0 atom stereocenters. The van der Waals surface area contributed by atoms with Crippen LogP contribution >= 0.6 is 0 Å². The predicted molar refractivity (Wildman–Crippen MR) is 139 cm³/mol. The highest BCUT2D eigenvalue weighted by atomic mass is 16.5. The summed E-state index contributed by atoms with van der Waals surface area (Å²) in [5.74, 6) is 1.97. The molecule has 0 saturated carbocycles. The maximum absolute atomic E-state index is 13.7. The van der Waals surface area contributed by atoms with E-state index in [9.17, 15) is 4.79 Å². The zero-order chi connectivity index (χ0) is 25.9. The Bertz CT molecular complexity index is 1590. The van der Waals surface area contributed by atoms with Crippen LogP contribution in [0.5, 0.6) is 17.2 Å². The van der Waals surface area contributed by atoms with E-state index in [2.05, 4.69) is 15.5 Å². The normalized spacial score (nSPS) is 10.8. The topological polar surface area (TPSA) is 109 Å². The first-order chi connectivity index (χ1) is 18.0. The molecule has 0 fully saturated rings. The monoisotopic (exact) mass is 496 g/mol. The molecule has 2 aromatic heterocycles. The fourth-order valence-corrected chi connectivity index (χ4v) is 4.13. The minimum atomic E-state index is -0.306. The van der Waals surface area contributed by atoms with Gasteiger partial charge in [0.2, 0.25) is 17.5 Å². The van der Waals surface area contributed by atoms with E-state index < -0.39 is 0 Å². The average molecular weight is 497 g/mol. The zero-order valence-corrected chi connectivity index (χ0v) is 20.7. The summed E-state index contributed by atoms with van der Waals surface area (Å²) in [6.07, 6.45) is 0. The highest BCUT2D eigenvalue weighted by molar-refractivity contribution is 6.14. The lowest BCUT2D eigenvalue weighted by Crippen LogP contribution is -2.14. The van der Waals surface area contributed by atoms with Gasteiger partial charge in [0, 0.05) is 23.4 Å². The smallest absolute Gasteiger partial charge is 0.256 e. The molecule has 1 amide bonds. The van der Waals surface area contributed by atoms with Gasteiger partial charge in [0.25, 0.3) is 5.91 Å². The standard InChI is InChI=1S/C28H24N4O5/c1-16-29-27(32-37-16)19-10-6-8-12-22(19)31-28(33)20-15-23(30-21-11-7-5-9-18(20)21)17-13-24(34-2)26(36-4)25(14-17)35-3/h5-15H,1-4H3,(H,31,33). The number of nitrogens with zero attached hydrogens (tertiary/aromatic N) is 3. The van der Waals surface area contributed by atoms with Crippen LogP contribution in [0, 0.1) is 6.92 Å². The molecule has 0 aliphatic heterocycles. The molecule has 0 bridgehead atoms. The van der Waals surface area contributed by atoms with E-state index in [-0.39, 0.29) is 5.91 Å². The van der Waals surface area contributed by atoms with Crippen molar-refractivity contribution in [3.8, 4) is 39.9 Å². The number of para-hydroxylation sites is 2. The lowest BCUT2D eigenvalue weighted by Gasteiger charge is -2.15. The Morgan fingerprint density at radius 3 is 2.24 bits per heavy atom. The molecule has 5 rings (SSSR count). The Labute approximate surface area is 213 Å². The van der Waals surface area contributed by atoms with Crippen molar-refractivity contribution in [3.05, 3.63) is 78.2 Å². The van der Waals surface area contributed by atoms with Gasteiger partial charge >= 0.3 is 0 Å². The number of carbonyl (C=O) groups excluding carboxylic acids is 1. The molecule has 186 valence electrons. The summed E-state index contributed by atoms with van der Waals surface area (Å²) in [5, 5.41) is 7.72. The second kappa shape index (κ2) is 9.98. The number of carbonyl (C=O) groups is 1. The van der Waals surface area contributed by atoms with E-state index in [1.165, 1.54) is 0 Å². The Morgan fingerprint density at radius 1 is 0.865 bits per heavy atom. The third-order valence-electron chi connectivity index (χ3n) is 5.87. The summed E-state index contributed by atoms with van der Waals surface area (Å²) < 4.78 is 21.6. The van der Waals surface area contributed by atoms with Gasteiger partial charge in [-0.25, -0.2) is 4.98 Å². The Morgan fingerprint density at radius 2 is 1.57 bits per heavy atom. The Balaban J connectivity index is 1.61. The molecule has 37 heavy (non-hydrogen) atoms. The summed E-state index contributed by atoms with van der Waals surface area (Å²) in [5.41, 5.74) is 3.61. The maximum atomic E-state index is 13.7. The van der Waals surface area contributed by atoms with Crippen molar-refractivity contribution in [1.82, 2.24) is 15.1 Å². The molecule has 0 spiro atoms. The number of nitrogens with one attached hydrogen (secondary N) is 1. The van der Waals surface area contributed by atoms with Gasteiger partial charge in [-0.2, -0.15) is 4.98 Å². The fourth-order valence-electron chi connectivity index (χ4n) is 4.13. The van der Waals surface area contributed by atoms with E-state index in [0.717, 1.165) is 0 Å². The van der Waals surface area contributed by atoms with Gasteiger partial charge in [-0.1, -0.05) is 35.5 Å². The lowest BCUT2D eigenvalue weighted by molar-refractivity contribution is 0.102. The number of amides is 1. The van der Waals surface area contributed by atoms with E-state index in [1.807, 2.05) is 42.5 Å². The molecule has 9 heteroatoms. The molecule has 0 saturated heterocycles. The molecule has 0 radical (unpaired) electrons.